The van der Waals surface area contributed by atoms with E-state index in [1.54, 1.807) is 0 Å². The van der Waals surface area contributed by atoms with Gasteiger partial charge in [-0.15, -0.1) is 0 Å². The first-order chi connectivity index (χ1) is 7.62. The van der Waals surface area contributed by atoms with Crippen LogP contribution in [0.15, 0.2) is 11.6 Å². The molecule has 0 aromatic rings. The van der Waals surface area contributed by atoms with Crippen molar-refractivity contribution in [2.45, 2.75) is 42.4 Å². The van der Waals surface area contributed by atoms with Gasteiger partial charge in [0, 0.05) is 0 Å². The van der Waals surface area contributed by atoms with Gasteiger partial charge in [-0.3, -0.25) is 9.59 Å². The van der Waals surface area contributed by atoms with Gasteiger partial charge in [0.15, 0.2) is 0 Å². The summed E-state index contributed by atoms with van der Waals surface area (Å²) < 4.78 is 4.69. The second-order valence-electron chi connectivity index (χ2n) is 3.97. The van der Waals surface area contributed by atoms with Crippen molar-refractivity contribution in [1.29, 1.82) is 0 Å². The summed E-state index contributed by atoms with van der Waals surface area (Å²) in [6.45, 7) is 2.25. The number of carbonyl (C=O) groups excluding carboxylic acids is 2. The maximum absolute atomic E-state index is 11.8. The molecule has 0 N–H and O–H groups in total. The number of aldehydes is 1. The molecule has 0 aromatic heterocycles. The lowest BCUT2D eigenvalue weighted by atomic mass is 9.91. The van der Waals surface area contributed by atoms with Crippen molar-refractivity contribution in [3.8, 4) is 0 Å². The third kappa shape index (κ3) is 3.57. The van der Waals surface area contributed by atoms with Crippen LogP contribution in [0.5, 0.6) is 0 Å². The van der Waals surface area contributed by atoms with Crippen LogP contribution in [0.25, 0.3) is 0 Å². The van der Waals surface area contributed by atoms with Crippen LogP contribution >= 0.6 is 22.6 Å². The Balaban J connectivity index is 2.67. The number of rotatable bonds is 3. The molecule has 0 aromatic carbocycles. The summed E-state index contributed by atoms with van der Waals surface area (Å²) in [6.07, 6.45) is 6.82. The van der Waals surface area contributed by atoms with Crippen molar-refractivity contribution < 1.29 is 14.3 Å². The fourth-order valence-electron chi connectivity index (χ4n) is 1.86. The maximum Gasteiger partial charge on any atom is 0.322 e. The second kappa shape index (κ2) is 6.37. The summed E-state index contributed by atoms with van der Waals surface area (Å²) in [6, 6.07) is 0. The molecule has 4 heteroatoms. The molecule has 1 atom stereocenters. The predicted octanol–water partition coefficient (Wildman–Crippen LogP) is 2.81. The van der Waals surface area contributed by atoms with Crippen LogP contribution in [0, 0.1) is 0 Å². The molecule has 0 amide bonds. The Kier molecular flexibility index (Phi) is 5.44. The van der Waals surface area contributed by atoms with Gasteiger partial charge in [0.1, 0.15) is 9.71 Å². The van der Waals surface area contributed by atoms with E-state index in [-0.39, 0.29) is 5.97 Å². The van der Waals surface area contributed by atoms with Gasteiger partial charge in [-0.1, -0.05) is 28.7 Å². The average Bonchev–Trinajstić information content (AvgIpc) is 2.24. The highest BCUT2D eigenvalue weighted by atomic mass is 127. The van der Waals surface area contributed by atoms with E-state index in [2.05, 4.69) is 22.6 Å². The Morgan fingerprint density at radius 3 is 3.00 bits per heavy atom. The van der Waals surface area contributed by atoms with Gasteiger partial charge in [-0.2, -0.15) is 0 Å². The van der Waals surface area contributed by atoms with E-state index in [9.17, 15) is 9.59 Å². The fraction of sp³-hybridized carbons (Fsp3) is 0.667. The number of hydrogen-bond donors (Lipinski definition) is 0. The van der Waals surface area contributed by atoms with E-state index in [4.69, 9.17) is 4.74 Å². The molecular weight excluding hydrogens is 319 g/mol. The average molecular weight is 336 g/mol. The lowest BCUT2D eigenvalue weighted by Gasteiger charge is -2.26. The Morgan fingerprint density at radius 2 is 2.38 bits per heavy atom. The third-order valence-electron chi connectivity index (χ3n) is 2.78. The molecular formula is C12H17IO3. The van der Waals surface area contributed by atoms with Crippen LogP contribution < -0.4 is 0 Å². The third-order valence-corrected chi connectivity index (χ3v) is 4.30. The smallest absolute Gasteiger partial charge is 0.322 e. The lowest BCUT2D eigenvalue weighted by molar-refractivity contribution is -0.145. The van der Waals surface area contributed by atoms with E-state index in [0.717, 1.165) is 44.0 Å². The Morgan fingerprint density at radius 1 is 1.62 bits per heavy atom. The molecule has 1 aliphatic rings. The van der Waals surface area contributed by atoms with E-state index >= 15 is 0 Å². The SMILES string of the molecule is CCOC(=O)C1(I)CC/C=C(/C=O)CCC1. The second-order valence-corrected chi connectivity index (χ2v) is 6.04. The predicted molar refractivity (Wildman–Crippen MR) is 70.6 cm³/mol. The first-order valence-electron chi connectivity index (χ1n) is 5.62. The van der Waals surface area contributed by atoms with Gasteiger partial charge in [0.25, 0.3) is 0 Å². The molecule has 16 heavy (non-hydrogen) atoms. The first kappa shape index (κ1) is 13.7. The van der Waals surface area contributed by atoms with Crippen molar-refractivity contribution in [2.24, 2.45) is 0 Å². The molecule has 0 bridgehead atoms. The van der Waals surface area contributed by atoms with Crippen molar-refractivity contribution in [3.05, 3.63) is 11.6 Å². The molecule has 0 saturated carbocycles. The van der Waals surface area contributed by atoms with Crippen LogP contribution in [0.3, 0.4) is 0 Å². The van der Waals surface area contributed by atoms with Crippen molar-refractivity contribution in [1.82, 2.24) is 0 Å². The Labute approximate surface area is 110 Å². The monoisotopic (exact) mass is 336 g/mol. The molecule has 0 radical (unpaired) electrons. The number of carbonyl (C=O) groups is 2. The molecule has 0 heterocycles. The fourth-order valence-corrected chi connectivity index (χ4v) is 2.71. The highest BCUT2D eigenvalue weighted by Gasteiger charge is 2.36. The number of alkyl halides is 1. The Bertz CT molecular complexity index is 299. The topological polar surface area (TPSA) is 43.4 Å². The maximum atomic E-state index is 11.8. The van der Waals surface area contributed by atoms with Crippen molar-refractivity contribution in [2.75, 3.05) is 6.61 Å². The summed E-state index contributed by atoms with van der Waals surface area (Å²) in [5.41, 5.74) is 0.863. The van der Waals surface area contributed by atoms with Crippen LogP contribution in [-0.4, -0.2) is 22.3 Å². The van der Waals surface area contributed by atoms with Gasteiger partial charge >= 0.3 is 5.97 Å². The van der Waals surface area contributed by atoms with Gasteiger partial charge in [0.05, 0.1) is 6.61 Å². The minimum Gasteiger partial charge on any atom is -0.465 e. The number of hydrogen-bond acceptors (Lipinski definition) is 3. The molecule has 0 fully saturated rings. The first-order valence-corrected chi connectivity index (χ1v) is 6.70. The summed E-state index contributed by atoms with van der Waals surface area (Å²) in [5, 5.41) is 0. The number of ether oxygens (including phenoxy) is 1. The van der Waals surface area contributed by atoms with Crippen molar-refractivity contribution >= 4 is 34.8 Å². The zero-order valence-electron chi connectivity index (χ0n) is 9.50. The number of halogens is 1. The van der Waals surface area contributed by atoms with Crippen LogP contribution in [0.2, 0.25) is 0 Å². The van der Waals surface area contributed by atoms with Crippen molar-refractivity contribution in [3.63, 3.8) is 0 Å². The molecule has 0 aliphatic heterocycles. The van der Waals surface area contributed by atoms with Crippen LogP contribution in [-0.2, 0) is 14.3 Å². The number of esters is 1. The number of allylic oxidation sites excluding steroid dienone is 2. The molecule has 3 nitrogen and oxygen atoms in total. The minimum absolute atomic E-state index is 0.112. The van der Waals surface area contributed by atoms with Gasteiger partial charge < -0.3 is 4.74 Å². The normalized spacial score (nSPS) is 29.5. The molecule has 1 unspecified atom stereocenters. The molecule has 1 rings (SSSR count). The van der Waals surface area contributed by atoms with Gasteiger partial charge in [0.2, 0.25) is 0 Å². The quantitative estimate of drug-likeness (QED) is 0.345. The summed E-state index contributed by atoms with van der Waals surface area (Å²) in [7, 11) is 0. The summed E-state index contributed by atoms with van der Waals surface area (Å²) >= 11 is 2.21. The molecule has 90 valence electrons. The van der Waals surface area contributed by atoms with E-state index < -0.39 is 3.42 Å². The van der Waals surface area contributed by atoms with Gasteiger partial charge in [-0.05, 0) is 44.6 Å². The van der Waals surface area contributed by atoms with Crippen LogP contribution in [0.4, 0.5) is 0 Å². The summed E-state index contributed by atoms with van der Waals surface area (Å²) in [4.78, 5) is 22.5. The van der Waals surface area contributed by atoms with E-state index in [1.165, 1.54) is 0 Å². The molecule has 1 aliphatic carbocycles. The van der Waals surface area contributed by atoms with Gasteiger partial charge in [-0.25, -0.2) is 0 Å². The Hall–Kier alpha value is -0.390. The zero-order valence-corrected chi connectivity index (χ0v) is 11.7. The molecule has 0 saturated heterocycles. The van der Waals surface area contributed by atoms with E-state index in [0.29, 0.717) is 6.61 Å². The highest BCUT2D eigenvalue weighted by Crippen LogP contribution is 2.35. The largest absolute Gasteiger partial charge is 0.465 e. The highest BCUT2D eigenvalue weighted by molar-refractivity contribution is 14.1. The zero-order chi connectivity index (χ0) is 12.0. The van der Waals surface area contributed by atoms with E-state index in [1.807, 2.05) is 13.0 Å². The molecule has 0 spiro atoms. The van der Waals surface area contributed by atoms with Crippen LogP contribution in [0.1, 0.15) is 39.0 Å². The minimum atomic E-state index is -0.404. The lowest BCUT2D eigenvalue weighted by Crippen LogP contribution is -2.34. The standard InChI is InChI=1S/C12H17IO3/c1-2-16-11(15)12(13)7-3-5-10(9-14)6-4-8-12/h5,9H,2-4,6-8H2,1H3/b10-5+. The summed E-state index contributed by atoms with van der Waals surface area (Å²) in [5.74, 6) is -0.112.